The molecule has 0 bridgehead atoms. The van der Waals surface area contributed by atoms with Crippen molar-refractivity contribution in [2.24, 2.45) is 11.8 Å². The third-order valence-electron chi connectivity index (χ3n) is 4.47. The Hall–Kier alpha value is -2.51. The summed E-state index contributed by atoms with van der Waals surface area (Å²) < 4.78 is 5.79. The van der Waals surface area contributed by atoms with Gasteiger partial charge in [-0.25, -0.2) is 4.79 Å². The van der Waals surface area contributed by atoms with E-state index in [2.05, 4.69) is 33.8 Å². The fourth-order valence-corrected chi connectivity index (χ4v) is 3.99. The topological polar surface area (TPSA) is 46.5 Å². The van der Waals surface area contributed by atoms with Gasteiger partial charge >= 0.3 is 5.97 Å². The highest BCUT2D eigenvalue weighted by molar-refractivity contribution is 9.09. The average molecular weight is 411 g/mol. The van der Waals surface area contributed by atoms with E-state index in [1.165, 1.54) is 0 Å². The van der Waals surface area contributed by atoms with Crippen molar-refractivity contribution < 1.29 is 14.6 Å². The molecule has 1 N–H and O–H groups in total. The van der Waals surface area contributed by atoms with Crippen LogP contribution in [0, 0.1) is 23.7 Å². The van der Waals surface area contributed by atoms with Crippen molar-refractivity contribution in [3.63, 3.8) is 0 Å². The number of halogens is 1. The molecule has 132 valence electrons. The van der Waals surface area contributed by atoms with Crippen LogP contribution in [0.15, 0.2) is 66.5 Å². The molecule has 2 aliphatic rings. The van der Waals surface area contributed by atoms with E-state index in [-0.39, 0.29) is 22.2 Å². The van der Waals surface area contributed by atoms with Gasteiger partial charge in [-0.15, -0.1) is 0 Å². The smallest absolute Gasteiger partial charge is 0.336 e. The molecule has 3 rings (SSSR count). The van der Waals surface area contributed by atoms with Crippen LogP contribution in [0.4, 0.5) is 0 Å². The van der Waals surface area contributed by atoms with Crippen molar-refractivity contribution >= 4 is 27.5 Å². The van der Waals surface area contributed by atoms with Gasteiger partial charge in [0.25, 0.3) is 0 Å². The van der Waals surface area contributed by atoms with Crippen molar-refractivity contribution in [2.75, 3.05) is 7.11 Å². The molecule has 1 aromatic rings. The first-order valence-electron chi connectivity index (χ1n) is 8.38. The summed E-state index contributed by atoms with van der Waals surface area (Å²) in [5.41, 5.74) is 1.70. The third kappa shape index (κ3) is 3.68. The highest BCUT2D eigenvalue weighted by atomic mass is 79.9. The number of hydrogen-bond donors (Lipinski definition) is 1. The van der Waals surface area contributed by atoms with Crippen LogP contribution in [0.2, 0.25) is 0 Å². The Balaban J connectivity index is 2.13. The van der Waals surface area contributed by atoms with Crippen molar-refractivity contribution in [1.29, 1.82) is 0 Å². The number of carbonyl (C=O) groups is 1. The molecule has 4 heteroatoms. The van der Waals surface area contributed by atoms with E-state index in [0.29, 0.717) is 5.56 Å². The lowest BCUT2D eigenvalue weighted by molar-refractivity contribution is 0.0696. The average Bonchev–Trinajstić information content (AvgIpc) is 2.62. The van der Waals surface area contributed by atoms with Gasteiger partial charge in [0, 0.05) is 22.7 Å². The zero-order valence-corrected chi connectivity index (χ0v) is 15.9. The molecule has 0 saturated heterocycles. The number of alkyl halides is 1. The van der Waals surface area contributed by atoms with Gasteiger partial charge in [0.2, 0.25) is 0 Å². The summed E-state index contributed by atoms with van der Waals surface area (Å²) in [6.07, 6.45) is 12.8. The van der Waals surface area contributed by atoms with Crippen LogP contribution in [0.1, 0.15) is 22.3 Å². The number of carboxylic acid groups (broad SMARTS) is 1. The maximum absolute atomic E-state index is 11.7. The number of allylic oxidation sites excluding steroid dienone is 8. The van der Waals surface area contributed by atoms with Gasteiger partial charge < -0.3 is 9.84 Å². The molecule has 0 aromatic heterocycles. The molecule has 0 saturated carbocycles. The Kier molecular flexibility index (Phi) is 5.80. The van der Waals surface area contributed by atoms with Crippen LogP contribution in [-0.2, 0) is 4.74 Å². The standard InChI is InChI=1S/C22H19BrO3/c1-26-21-17(16-11-7-8-12-18(16)22(24)25)13-14-19(23)20(21)15-9-5-3-2-4-6-10-15/h2-3,5,7-9,11-15,19-20H,4H2,1H3,(H,24,25)/b3-2-,9-5-. The van der Waals surface area contributed by atoms with E-state index >= 15 is 0 Å². The molecule has 0 aliphatic heterocycles. The van der Waals surface area contributed by atoms with Gasteiger partial charge in [0.15, 0.2) is 0 Å². The third-order valence-corrected chi connectivity index (χ3v) is 5.34. The van der Waals surface area contributed by atoms with Crippen molar-refractivity contribution in [1.82, 2.24) is 0 Å². The number of benzene rings is 1. The van der Waals surface area contributed by atoms with Crippen molar-refractivity contribution in [3.05, 3.63) is 77.6 Å². The minimum atomic E-state index is -0.953. The quantitative estimate of drug-likeness (QED) is 0.571. The monoisotopic (exact) mass is 410 g/mol. The Morgan fingerprint density at radius 2 is 2.08 bits per heavy atom. The molecule has 2 aliphatic carbocycles. The van der Waals surface area contributed by atoms with E-state index in [0.717, 1.165) is 17.8 Å². The minimum absolute atomic E-state index is 0.0313. The van der Waals surface area contributed by atoms with Crippen LogP contribution in [0.25, 0.3) is 5.57 Å². The number of ether oxygens (including phenoxy) is 1. The molecule has 26 heavy (non-hydrogen) atoms. The second-order valence-electron chi connectivity index (χ2n) is 6.03. The van der Waals surface area contributed by atoms with Crippen LogP contribution >= 0.6 is 15.9 Å². The predicted octanol–water partition coefficient (Wildman–Crippen LogP) is 4.83. The van der Waals surface area contributed by atoms with E-state index in [1.807, 2.05) is 42.5 Å². The van der Waals surface area contributed by atoms with Gasteiger partial charge in [0.1, 0.15) is 5.76 Å². The first-order chi connectivity index (χ1) is 12.6. The lowest BCUT2D eigenvalue weighted by Crippen LogP contribution is -2.27. The Morgan fingerprint density at radius 1 is 1.27 bits per heavy atom. The second kappa shape index (κ2) is 8.25. The maximum Gasteiger partial charge on any atom is 0.336 e. The van der Waals surface area contributed by atoms with Gasteiger partial charge in [0.05, 0.1) is 18.6 Å². The molecule has 3 unspecified atom stereocenters. The summed E-state index contributed by atoms with van der Waals surface area (Å²) in [7, 11) is 1.63. The predicted molar refractivity (Wildman–Crippen MR) is 107 cm³/mol. The summed E-state index contributed by atoms with van der Waals surface area (Å²) in [5, 5.41) is 9.55. The second-order valence-corrected chi connectivity index (χ2v) is 7.08. The largest absolute Gasteiger partial charge is 0.500 e. The zero-order chi connectivity index (χ0) is 18.5. The molecule has 0 spiro atoms. The SMILES string of the molecule is COC1=C(c2ccccc2C(=O)O)C=CC(Br)C1C1C#CC/C=C\C=C/1. The Labute approximate surface area is 161 Å². The summed E-state index contributed by atoms with van der Waals surface area (Å²) >= 11 is 3.73. The van der Waals surface area contributed by atoms with E-state index in [1.54, 1.807) is 19.2 Å². The number of carboxylic acids is 1. The minimum Gasteiger partial charge on any atom is -0.500 e. The molecule has 3 nitrogen and oxygen atoms in total. The fraction of sp³-hybridized carbons (Fsp3) is 0.227. The van der Waals surface area contributed by atoms with Gasteiger partial charge in [-0.2, -0.15) is 0 Å². The molecule has 0 radical (unpaired) electrons. The summed E-state index contributed by atoms with van der Waals surface area (Å²) in [5.74, 6) is 6.21. The van der Waals surface area contributed by atoms with Gasteiger partial charge in [-0.05, 0) is 11.6 Å². The highest BCUT2D eigenvalue weighted by Gasteiger charge is 2.34. The molecule has 0 heterocycles. The van der Waals surface area contributed by atoms with Crippen LogP contribution in [0.5, 0.6) is 0 Å². The molecular formula is C22H19BrO3. The Morgan fingerprint density at radius 3 is 2.85 bits per heavy atom. The molecule has 0 fully saturated rings. The van der Waals surface area contributed by atoms with E-state index < -0.39 is 5.97 Å². The summed E-state index contributed by atoms with van der Waals surface area (Å²) in [4.78, 5) is 11.7. The van der Waals surface area contributed by atoms with Crippen LogP contribution in [0.3, 0.4) is 0 Å². The first-order valence-corrected chi connectivity index (χ1v) is 9.30. The summed E-state index contributed by atoms with van der Waals surface area (Å²) in [6, 6.07) is 7.00. The number of methoxy groups -OCH3 is 1. The number of hydrogen-bond acceptors (Lipinski definition) is 2. The maximum atomic E-state index is 11.7. The fourth-order valence-electron chi connectivity index (χ4n) is 3.27. The zero-order valence-electron chi connectivity index (χ0n) is 14.4. The highest BCUT2D eigenvalue weighted by Crippen LogP contribution is 2.40. The van der Waals surface area contributed by atoms with Crippen molar-refractivity contribution in [2.45, 2.75) is 11.2 Å². The Bertz CT molecular complexity index is 880. The van der Waals surface area contributed by atoms with Crippen molar-refractivity contribution in [3.8, 4) is 11.8 Å². The molecule has 0 amide bonds. The molecule has 3 atom stereocenters. The van der Waals surface area contributed by atoms with Crippen LogP contribution in [-0.4, -0.2) is 23.0 Å². The lowest BCUT2D eigenvalue weighted by atomic mass is 9.80. The normalized spacial score (nSPS) is 26.9. The van der Waals surface area contributed by atoms with E-state index in [9.17, 15) is 9.90 Å². The number of rotatable bonds is 4. The summed E-state index contributed by atoms with van der Waals surface area (Å²) in [6.45, 7) is 0. The lowest BCUT2D eigenvalue weighted by Gasteiger charge is -2.31. The van der Waals surface area contributed by atoms with Gasteiger partial charge in [-0.1, -0.05) is 82.4 Å². The van der Waals surface area contributed by atoms with Gasteiger partial charge in [-0.3, -0.25) is 0 Å². The van der Waals surface area contributed by atoms with E-state index in [4.69, 9.17) is 4.74 Å². The number of aromatic carboxylic acids is 1. The first kappa shape index (κ1) is 18.3. The van der Waals surface area contributed by atoms with Crippen LogP contribution < -0.4 is 0 Å². The molecule has 1 aromatic carbocycles. The molecular weight excluding hydrogens is 392 g/mol.